The summed E-state index contributed by atoms with van der Waals surface area (Å²) in [6.45, 7) is 9.24. The Morgan fingerprint density at radius 3 is 2.70 bits per heavy atom. The molecule has 2 aliphatic rings. The van der Waals surface area contributed by atoms with Crippen molar-refractivity contribution in [2.75, 3.05) is 25.0 Å². The van der Waals surface area contributed by atoms with Gasteiger partial charge in [-0.25, -0.2) is 0 Å². The fourth-order valence-corrected chi connectivity index (χ4v) is 5.14. The van der Waals surface area contributed by atoms with Gasteiger partial charge in [-0.15, -0.1) is 0 Å². The lowest BCUT2D eigenvalue weighted by Crippen LogP contribution is -2.40. The monoisotopic (exact) mass is 447 g/mol. The summed E-state index contributed by atoms with van der Waals surface area (Å²) in [7, 11) is 1.77. The summed E-state index contributed by atoms with van der Waals surface area (Å²) in [6.07, 6.45) is 3.98. The van der Waals surface area contributed by atoms with Crippen molar-refractivity contribution < 1.29 is 9.59 Å². The number of fused-ring (bicyclic) bond motifs is 2. The number of nitrogens with one attached hydrogen (secondary N) is 2. The lowest BCUT2D eigenvalue weighted by molar-refractivity contribution is -0.137. The van der Waals surface area contributed by atoms with Crippen molar-refractivity contribution in [3.63, 3.8) is 0 Å². The minimum atomic E-state index is -0.375. The van der Waals surface area contributed by atoms with Gasteiger partial charge in [-0.3, -0.25) is 14.7 Å². The minimum absolute atomic E-state index is 0.0550. The van der Waals surface area contributed by atoms with Crippen LogP contribution >= 0.6 is 0 Å². The van der Waals surface area contributed by atoms with Crippen LogP contribution in [0, 0.1) is 10.8 Å². The SMILES string of the molecule is CN(C(=O)CN1CCC(C)(C)C1=O)c1ccc2cc(-c3n[nH]c4c3CCC(C)(C)C4)[nH]c2c1. The van der Waals surface area contributed by atoms with Crippen molar-refractivity contribution in [3.05, 3.63) is 35.5 Å². The number of likely N-dealkylation sites (tertiary alicyclic amines) is 1. The minimum Gasteiger partial charge on any atom is -0.353 e. The van der Waals surface area contributed by atoms with Crippen LogP contribution < -0.4 is 4.90 Å². The summed E-state index contributed by atoms with van der Waals surface area (Å²) in [5.74, 6) is -0.0319. The number of rotatable bonds is 4. The van der Waals surface area contributed by atoms with E-state index in [0.29, 0.717) is 12.0 Å². The molecular formula is C26H33N5O2. The second-order valence-corrected chi connectivity index (χ2v) is 11.1. The van der Waals surface area contributed by atoms with Crippen molar-refractivity contribution in [2.45, 2.75) is 53.4 Å². The van der Waals surface area contributed by atoms with Crippen LogP contribution in [0.1, 0.15) is 51.8 Å². The molecule has 1 aliphatic heterocycles. The number of hydrogen-bond acceptors (Lipinski definition) is 3. The molecule has 174 valence electrons. The topological polar surface area (TPSA) is 85.1 Å². The zero-order chi connectivity index (χ0) is 23.5. The van der Waals surface area contributed by atoms with Gasteiger partial charge in [0.1, 0.15) is 12.2 Å². The van der Waals surface area contributed by atoms with Gasteiger partial charge in [0.15, 0.2) is 0 Å². The molecule has 33 heavy (non-hydrogen) atoms. The highest BCUT2D eigenvalue weighted by Gasteiger charge is 2.39. The fraction of sp³-hybridized carbons (Fsp3) is 0.500. The van der Waals surface area contributed by atoms with E-state index < -0.39 is 0 Å². The molecule has 2 amide bonds. The molecule has 1 fully saturated rings. The Morgan fingerprint density at radius 2 is 1.97 bits per heavy atom. The van der Waals surface area contributed by atoms with E-state index in [0.717, 1.165) is 53.7 Å². The first kappa shape index (κ1) is 21.7. The van der Waals surface area contributed by atoms with Gasteiger partial charge in [-0.05, 0) is 49.3 Å². The average molecular weight is 448 g/mol. The van der Waals surface area contributed by atoms with Crippen molar-refractivity contribution in [2.24, 2.45) is 10.8 Å². The Labute approximate surface area is 194 Å². The summed E-state index contributed by atoms with van der Waals surface area (Å²) >= 11 is 0. The smallest absolute Gasteiger partial charge is 0.246 e. The third-order valence-corrected chi connectivity index (χ3v) is 7.48. The van der Waals surface area contributed by atoms with Crippen LogP contribution in [0.15, 0.2) is 24.3 Å². The maximum absolute atomic E-state index is 12.9. The lowest BCUT2D eigenvalue weighted by Gasteiger charge is -2.28. The van der Waals surface area contributed by atoms with E-state index in [4.69, 9.17) is 0 Å². The number of aromatic amines is 2. The van der Waals surface area contributed by atoms with E-state index in [9.17, 15) is 9.59 Å². The van der Waals surface area contributed by atoms with Crippen LogP contribution in [-0.2, 0) is 22.4 Å². The summed E-state index contributed by atoms with van der Waals surface area (Å²) in [4.78, 5) is 32.2. The molecule has 1 saturated heterocycles. The summed E-state index contributed by atoms with van der Waals surface area (Å²) in [5.41, 5.74) is 6.25. The molecular weight excluding hydrogens is 414 g/mol. The van der Waals surface area contributed by atoms with Gasteiger partial charge in [-0.1, -0.05) is 33.8 Å². The molecule has 3 aromatic rings. The van der Waals surface area contributed by atoms with E-state index in [1.54, 1.807) is 16.8 Å². The molecule has 0 unspecified atom stereocenters. The molecule has 3 heterocycles. The van der Waals surface area contributed by atoms with Crippen LogP contribution in [0.5, 0.6) is 0 Å². The van der Waals surface area contributed by atoms with Crippen molar-refractivity contribution in [1.82, 2.24) is 20.1 Å². The molecule has 7 nitrogen and oxygen atoms in total. The number of anilines is 1. The van der Waals surface area contributed by atoms with Gasteiger partial charge in [0, 0.05) is 46.9 Å². The number of carbonyl (C=O) groups excluding carboxylic acids is 2. The number of likely N-dealkylation sites (N-methyl/N-ethyl adjacent to an activating group) is 1. The first-order valence-corrected chi connectivity index (χ1v) is 11.8. The zero-order valence-corrected chi connectivity index (χ0v) is 20.2. The molecule has 2 aromatic heterocycles. The van der Waals surface area contributed by atoms with Crippen LogP contribution in [-0.4, -0.2) is 52.0 Å². The number of nitrogens with zero attached hydrogens (tertiary/aromatic N) is 3. The number of carbonyl (C=O) groups is 2. The molecule has 0 bridgehead atoms. The van der Waals surface area contributed by atoms with Crippen molar-refractivity contribution >= 4 is 28.4 Å². The van der Waals surface area contributed by atoms with Gasteiger partial charge in [-0.2, -0.15) is 5.10 Å². The third kappa shape index (κ3) is 3.83. The third-order valence-electron chi connectivity index (χ3n) is 7.48. The Hall–Kier alpha value is -3.09. The predicted octanol–water partition coefficient (Wildman–Crippen LogP) is 4.29. The van der Waals surface area contributed by atoms with Gasteiger partial charge >= 0.3 is 0 Å². The number of benzene rings is 1. The average Bonchev–Trinajstić information content (AvgIpc) is 3.43. The highest BCUT2D eigenvalue weighted by atomic mass is 16.2. The van der Waals surface area contributed by atoms with Gasteiger partial charge in [0.2, 0.25) is 11.8 Å². The van der Waals surface area contributed by atoms with Crippen LogP contribution in [0.25, 0.3) is 22.3 Å². The maximum Gasteiger partial charge on any atom is 0.246 e. The first-order valence-electron chi connectivity index (χ1n) is 11.8. The second kappa shape index (κ2) is 7.47. The molecule has 1 aromatic carbocycles. The zero-order valence-electron chi connectivity index (χ0n) is 20.2. The molecule has 7 heteroatoms. The predicted molar refractivity (Wildman–Crippen MR) is 130 cm³/mol. The standard InChI is InChI=1S/C26H33N5O2/c1-25(2)9-8-18-21(14-25)28-29-23(18)20-12-16-6-7-17(13-19(16)27-20)30(5)22(32)15-31-11-10-26(3,4)24(31)33/h6-7,12-13,27H,8-11,14-15H2,1-5H3,(H,28,29). The quantitative estimate of drug-likeness (QED) is 0.626. The van der Waals surface area contributed by atoms with Crippen LogP contribution in [0.3, 0.4) is 0 Å². The normalized spacial score (nSPS) is 19.2. The van der Waals surface area contributed by atoms with E-state index in [1.807, 2.05) is 32.0 Å². The first-order chi connectivity index (χ1) is 15.5. The molecule has 1 aliphatic carbocycles. The van der Waals surface area contributed by atoms with Crippen molar-refractivity contribution in [1.29, 1.82) is 0 Å². The number of hydrogen-bond donors (Lipinski definition) is 2. The van der Waals surface area contributed by atoms with E-state index in [-0.39, 0.29) is 23.8 Å². The number of aromatic nitrogens is 3. The molecule has 0 atom stereocenters. The molecule has 2 N–H and O–H groups in total. The molecule has 0 saturated carbocycles. The fourth-order valence-electron chi connectivity index (χ4n) is 5.14. The Bertz CT molecular complexity index is 1250. The van der Waals surface area contributed by atoms with Crippen LogP contribution in [0.2, 0.25) is 0 Å². The Balaban J connectivity index is 1.36. The van der Waals surface area contributed by atoms with E-state index in [2.05, 4.69) is 35.1 Å². The maximum atomic E-state index is 12.9. The highest BCUT2D eigenvalue weighted by molar-refractivity contribution is 5.99. The molecule has 0 radical (unpaired) electrons. The summed E-state index contributed by atoms with van der Waals surface area (Å²) < 4.78 is 0. The van der Waals surface area contributed by atoms with E-state index >= 15 is 0 Å². The Morgan fingerprint density at radius 1 is 1.18 bits per heavy atom. The molecule has 0 spiro atoms. The highest BCUT2D eigenvalue weighted by Crippen LogP contribution is 2.38. The lowest BCUT2D eigenvalue weighted by atomic mass is 9.76. The van der Waals surface area contributed by atoms with Crippen LogP contribution in [0.4, 0.5) is 5.69 Å². The Kier molecular flexibility index (Phi) is 4.92. The summed E-state index contributed by atoms with van der Waals surface area (Å²) in [5, 5.41) is 8.97. The van der Waals surface area contributed by atoms with Gasteiger partial charge in [0.05, 0.1) is 5.69 Å². The molecule has 5 rings (SSSR count). The largest absolute Gasteiger partial charge is 0.353 e. The second-order valence-electron chi connectivity index (χ2n) is 11.1. The van der Waals surface area contributed by atoms with E-state index in [1.165, 1.54) is 11.3 Å². The number of amides is 2. The van der Waals surface area contributed by atoms with Gasteiger partial charge in [0.25, 0.3) is 0 Å². The van der Waals surface area contributed by atoms with Crippen molar-refractivity contribution in [3.8, 4) is 11.4 Å². The number of H-pyrrole nitrogens is 2. The summed E-state index contributed by atoms with van der Waals surface area (Å²) in [6, 6.07) is 8.10. The van der Waals surface area contributed by atoms with Gasteiger partial charge < -0.3 is 14.8 Å².